The Hall–Kier alpha value is -0.810. The second-order valence-electron chi connectivity index (χ2n) is 3.97. The predicted molar refractivity (Wildman–Crippen MR) is 72.5 cm³/mol. The van der Waals surface area contributed by atoms with Crippen molar-refractivity contribution >= 4 is 27.4 Å². The van der Waals surface area contributed by atoms with Gasteiger partial charge in [0.25, 0.3) is 0 Å². The Bertz CT molecular complexity index is 475. The molecule has 0 unspecified atom stereocenters. The Morgan fingerprint density at radius 2 is 1.82 bits per heavy atom. The minimum absolute atomic E-state index is 0.0449. The first-order chi connectivity index (χ1) is 7.88. The van der Waals surface area contributed by atoms with Crippen LogP contribution in [0.15, 0.2) is 24.3 Å². The molecule has 0 amide bonds. The summed E-state index contributed by atoms with van der Waals surface area (Å²) in [5.41, 5.74) is 1.80. The summed E-state index contributed by atoms with van der Waals surface area (Å²) < 4.78 is 21.8. The highest BCUT2D eigenvalue weighted by Crippen LogP contribution is 2.09. The van der Waals surface area contributed by atoms with Crippen LogP contribution in [-0.4, -0.2) is 37.7 Å². The summed E-state index contributed by atoms with van der Waals surface area (Å²) >= 11 is 1.36. The average Bonchev–Trinajstić information content (AvgIpc) is 2.24. The summed E-state index contributed by atoms with van der Waals surface area (Å²) in [5, 5.41) is 0. The number of thioether (sulfide) groups is 1. The average molecular weight is 272 g/mol. The Morgan fingerprint density at radius 1 is 1.24 bits per heavy atom. The van der Waals surface area contributed by atoms with Crippen LogP contribution in [0.1, 0.15) is 15.9 Å². The third-order valence-corrected chi connectivity index (χ3v) is 4.37. The molecule has 5 heteroatoms. The highest BCUT2D eigenvalue weighted by molar-refractivity contribution is 8.01. The Morgan fingerprint density at radius 3 is 2.35 bits per heavy atom. The van der Waals surface area contributed by atoms with Crippen molar-refractivity contribution in [3.8, 4) is 0 Å². The van der Waals surface area contributed by atoms with Gasteiger partial charge in [-0.3, -0.25) is 4.79 Å². The number of carbonyl (C=O) groups excluding carboxylic acids is 1. The number of sulfone groups is 1. The third-order valence-electron chi connectivity index (χ3n) is 2.21. The van der Waals surface area contributed by atoms with Gasteiger partial charge in [-0.25, -0.2) is 8.42 Å². The van der Waals surface area contributed by atoms with Crippen LogP contribution >= 0.6 is 11.8 Å². The molecule has 0 saturated heterocycles. The molecule has 0 aliphatic carbocycles. The lowest BCUT2D eigenvalue weighted by atomic mass is 10.1. The molecule has 0 fully saturated rings. The lowest BCUT2D eigenvalue weighted by molar-refractivity contribution is 0.102. The fourth-order valence-electron chi connectivity index (χ4n) is 1.20. The van der Waals surface area contributed by atoms with Crippen LogP contribution in [0.2, 0.25) is 0 Å². The lowest BCUT2D eigenvalue weighted by Gasteiger charge is -2.01. The van der Waals surface area contributed by atoms with Crippen LogP contribution in [0.3, 0.4) is 0 Å². The topological polar surface area (TPSA) is 51.2 Å². The molecule has 17 heavy (non-hydrogen) atoms. The number of rotatable bonds is 6. The maximum absolute atomic E-state index is 11.7. The molecule has 1 aromatic carbocycles. The van der Waals surface area contributed by atoms with Crippen LogP contribution in [0, 0.1) is 6.92 Å². The van der Waals surface area contributed by atoms with E-state index in [1.54, 1.807) is 12.1 Å². The molecule has 0 radical (unpaired) electrons. The van der Waals surface area contributed by atoms with Gasteiger partial charge in [0.2, 0.25) is 0 Å². The zero-order chi connectivity index (χ0) is 12.9. The second kappa shape index (κ2) is 6.21. The normalized spacial score (nSPS) is 11.4. The van der Waals surface area contributed by atoms with Gasteiger partial charge in [-0.2, -0.15) is 11.8 Å². The van der Waals surface area contributed by atoms with E-state index in [1.807, 2.05) is 19.1 Å². The number of hydrogen-bond donors (Lipinski definition) is 0. The third kappa shape index (κ3) is 5.89. The number of benzene rings is 1. The second-order valence-corrected chi connectivity index (χ2v) is 7.34. The van der Waals surface area contributed by atoms with Crippen LogP contribution in [0.5, 0.6) is 0 Å². The van der Waals surface area contributed by atoms with Crippen molar-refractivity contribution in [3.63, 3.8) is 0 Å². The van der Waals surface area contributed by atoms with E-state index in [4.69, 9.17) is 0 Å². The van der Waals surface area contributed by atoms with Crippen LogP contribution in [-0.2, 0) is 9.84 Å². The molecule has 3 nitrogen and oxygen atoms in total. The summed E-state index contributed by atoms with van der Waals surface area (Å²) in [5.74, 6) is 0.969. The molecule has 0 N–H and O–H groups in total. The van der Waals surface area contributed by atoms with E-state index < -0.39 is 9.84 Å². The van der Waals surface area contributed by atoms with Crippen LogP contribution in [0.25, 0.3) is 0 Å². The van der Waals surface area contributed by atoms with E-state index in [0.717, 1.165) is 5.56 Å². The molecule has 0 aromatic heterocycles. The van der Waals surface area contributed by atoms with Crippen LogP contribution in [0.4, 0.5) is 0 Å². The Labute approximate surface area is 107 Å². The zero-order valence-electron chi connectivity index (χ0n) is 9.97. The Kier molecular flexibility index (Phi) is 5.21. The van der Waals surface area contributed by atoms with E-state index in [1.165, 1.54) is 18.0 Å². The summed E-state index contributed by atoms with van der Waals surface area (Å²) in [6.07, 6.45) is 1.20. The highest BCUT2D eigenvalue weighted by Gasteiger charge is 2.07. The summed E-state index contributed by atoms with van der Waals surface area (Å²) in [6, 6.07) is 7.40. The van der Waals surface area contributed by atoms with E-state index in [9.17, 15) is 13.2 Å². The van der Waals surface area contributed by atoms with Gasteiger partial charge >= 0.3 is 0 Å². The molecule has 1 rings (SSSR count). The van der Waals surface area contributed by atoms with Gasteiger partial charge in [0.15, 0.2) is 5.78 Å². The molecular formula is C12H16O3S2. The van der Waals surface area contributed by atoms with E-state index in [2.05, 4.69) is 0 Å². The molecule has 94 valence electrons. The van der Waals surface area contributed by atoms with Gasteiger partial charge in [0.05, 0.1) is 11.5 Å². The first-order valence-corrected chi connectivity index (χ1v) is 8.45. The predicted octanol–water partition coefficient (Wildman–Crippen LogP) is 1.96. The number of hydrogen-bond acceptors (Lipinski definition) is 4. The lowest BCUT2D eigenvalue weighted by Crippen LogP contribution is -2.08. The number of aryl methyl sites for hydroxylation is 1. The highest BCUT2D eigenvalue weighted by atomic mass is 32.2. The molecule has 1 aromatic rings. The quantitative estimate of drug-likeness (QED) is 0.587. The summed E-state index contributed by atoms with van der Waals surface area (Å²) in [4.78, 5) is 11.7. The van der Waals surface area contributed by atoms with Crippen molar-refractivity contribution in [2.75, 3.05) is 23.5 Å². The van der Waals surface area contributed by atoms with Gasteiger partial charge in [-0.15, -0.1) is 0 Å². The van der Waals surface area contributed by atoms with Gasteiger partial charge in [-0.05, 0) is 6.92 Å². The van der Waals surface area contributed by atoms with E-state index in [0.29, 0.717) is 17.1 Å². The van der Waals surface area contributed by atoms with Crippen LogP contribution < -0.4 is 0 Å². The van der Waals surface area contributed by atoms with Crippen molar-refractivity contribution in [1.29, 1.82) is 0 Å². The minimum Gasteiger partial charge on any atom is -0.293 e. The van der Waals surface area contributed by atoms with E-state index in [-0.39, 0.29) is 11.5 Å². The van der Waals surface area contributed by atoms with Crippen molar-refractivity contribution in [3.05, 3.63) is 35.4 Å². The molecule has 0 aliphatic heterocycles. The maximum atomic E-state index is 11.7. The zero-order valence-corrected chi connectivity index (χ0v) is 11.6. The minimum atomic E-state index is -2.92. The number of Topliss-reactive ketones (excluding diaryl/α,β-unsaturated/α-hetero) is 1. The van der Waals surface area contributed by atoms with E-state index >= 15 is 0 Å². The molecule has 0 aliphatic rings. The van der Waals surface area contributed by atoms with Crippen molar-refractivity contribution in [2.24, 2.45) is 0 Å². The first-order valence-electron chi connectivity index (χ1n) is 5.24. The molecular weight excluding hydrogens is 256 g/mol. The van der Waals surface area contributed by atoms with Gasteiger partial charge in [0, 0.05) is 17.6 Å². The van der Waals surface area contributed by atoms with Crippen molar-refractivity contribution < 1.29 is 13.2 Å². The monoisotopic (exact) mass is 272 g/mol. The number of ketones is 1. The van der Waals surface area contributed by atoms with Gasteiger partial charge < -0.3 is 0 Å². The summed E-state index contributed by atoms with van der Waals surface area (Å²) in [7, 11) is -2.92. The molecule has 0 heterocycles. The first kappa shape index (κ1) is 14.3. The maximum Gasteiger partial charge on any atom is 0.172 e. The molecule has 0 spiro atoms. The Balaban J connectivity index is 2.38. The van der Waals surface area contributed by atoms with Crippen molar-refractivity contribution in [2.45, 2.75) is 6.92 Å². The molecule has 0 atom stereocenters. The SMILES string of the molecule is Cc1ccc(C(=O)CSCCS(C)(=O)=O)cc1. The van der Waals surface area contributed by atoms with Crippen molar-refractivity contribution in [1.82, 2.24) is 0 Å². The fraction of sp³-hybridized carbons (Fsp3) is 0.417. The number of carbonyl (C=O) groups is 1. The largest absolute Gasteiger partial charge is 0.293 e. The fourth-order valence-corrected chi connectivity index (χ4v) is 3.38. The smallest absolute Gasteiger partial charge is 0.172 e. The van der Waals surface area contributed by atoms with Gasteiger partial charge in [-0.1, -0.05) is 29.8 Å². The molecule has 0 saturated carbocycles. The summed E-state index contributed by atoms with van der Waals surface area (Å²) in [6.45, 7) is 1.97. The van der Waals surface area contributed by atoms with Gasteiger partial charge in [0.1, 0.15) is 9.84 Å². The molecule has 0 bridgehead atoms. The standard InChI is InChI=1S/C12H16O3S2/c1-10-3-5-11(6-4-10)12(13)9-16-7-8-17(2,14)15/h3-6H,7-9H2,1-2H3.